The summed E-state index contributed by atoms with van der Waals surface area (Å²) in [5, 5.41) is 0. The zero-order valence-electron chi connectivity index (χ0n) is 13.0. The molecule has 0 radical (unpaired) electrons. The van der Waals surface area contributed by atoms with Crippen molar-refractivity contribution < 1.29 is 9.47 Å². The van der Waals surface area contributed by atoms with Crippen LogP contribution in [0.2, 0.25) is 0 Å². The average Bonchev–Trinajstić information content (AvgIpc) is 2.52. The van der Waals surface area contributed by atoms with E-state index in [4.69, 9.17) is 9.47 Å². The molecule has 2 aromatic carbocycles. The van der Waals surface area contributed by atoms with Crippen molar-refractivity contribution in [2.24, 2.45) is 0 Å². The molecule has 112 valence electrons. The van der Waals surface area contributed by atoms with Crippen molar-refractivity contribution in [3.8, 4) is 11.5 Å². The van der Waals surface area contributed by atoms with Crippen LogP contribution in [-0.2, 0) is 0 Å². The molecule has 0 amide bonds. The fourth-order valence-electron chi connectivity index (χ4n) is 2.18. The topological polar surface area (TPSA) is 21.7 Å². The molecule has 2 aromatic rings. The standard InChI is InChI=1S/C18H23NO2/c1-19(2)13-12-18(15-8-5-4-6-9-15)21-17-11-7-10-16(14-17)20-3/h4-11,14,18H,12-13H2,1-3H3. The molecule has 3 nitrogen and oxygen atoms in total. The SMILES string of the molecule is COc1cccc(OC(CCN(C)C)c2ccccc2)c1. The molecule has 21 heavy (non-hydrogen) atoms. The fraction of sp³-hybridized carbons (Fsp3) is 0.333. The van der Waals surface area contributed by atoms with Crippen LogP contribution in [0.15, 0.2) is 54.6 Å². The predicted octanol–water partition coefficient (Wildman–Crippen LogP) is 3.77. The first-order valence-electron chi connectivity index (χ1n) is 7.19. The van der Waals surface area contributed by atoms with Gasteiger partial charge in [0, 0.05) is 19.0 Å². The molecular formula is C18H23NO2. The Morgan fingerprint density at radius 2 is 1.67 bits per heavy atom. The molecule has 0 bridgehead atoms. The molecule has 0 saturated carbocycles. The monoisotopic (exact) mass is 285 g/mol. The minimum absolute atomic E-state index is 0.0423. The minimum Gasteiger partial charge on any atom is -0.497 e. The summed E-state index contributed by atoms with van der Waals surface area (Å²) >= 11 is 0. The van der Waals surface area contributed by atoms with Crippen LogP contribution in [-0.4, -0.2) is 32.6 Å². The molecule has 0 spiro atoms. The van der Waals surface area contributed by atoms with Gasteiger partial charge in [-0.15, -0.1) is 0 Å². The quantitative estimate of drug-likeness (QED) is 0.773. The number of rotatable bonds is 7. The molecule has 0 aliphatic heterocycles. The summed E-state index contributed by atoms with van der Waals surface area (Å²) in [6.45, 7) is 0.976. The highest BCUT2D eigenvalue weighted by atomic mass is 16.5. The van der Waals surface area contributed by atoms with Crippen molar-refractivity contribution in [2.45, 2.75) is 12.5 Å². The second kappa shape index (κ2) is 7.70. The van der Waals surface area contributed by atoms with Gasteiger partial charge in [-0.3, -0.25) is 0 Å². The lowest BCUT2D eigenvalue weighted by atomic mass is 10.1. The maximum absolute atomic E-state index is 6.19. The number of nitrogens with zero attached hydrogens (tertiary/aromatic N) is 1. The number of hydrogen-bond donors (Lipinski definition) is 0. The second-order valence-electron chi connectivity index (χ2n) is 5.29. The lowest BCUT2D eigenvalue weighted by Crippen LogP contribution is -2.18. The summed E-state index contributed by atoms with van der Waals surface area (Å²) in [7, 11) is 5.82. The third kappa shape index (κ3) is 4.80. The van der Waals surface area contributed by atoms with E-state index in [1.165, 1.54) is 5.56 Å². The van der Waals surface area contributed by atoms with Crippen LogP contribution in [0.5, 0.6) is 11.5 Å². The van der Waals surface area contributed by atoms with Crippen LogP contribution >= 0.6 is 0 Å². The first kappa shape index (κ1) is 15.4. The van der Waals surface area contributed by atoms with Crippen molar-refractivity contribution in [1.82, 2.24) is 4.90 Å². The predicted molar refractivity (Wildman–Crippen MR) is 86.0 cm³/mol. The Morgan fingerprint density at radius 3 is 2.33 bits per heavy atom. The van der Waals surface area contributed by atoms with E-state index in [9.17, 15) is 0 Å². The molecule has 1 atom stereocenters. The van der Waals surface area contributed by atoms with Gasteiger partial charge in [-0.05, 0) is 31.8 Å². The zero-order chi connectivity index (χ0) is 15.1. The highest BCUT2D eigenvalue weighted by molar-refractivity contribution is 5.33. The lowest BCUT2D eigenvalue weighted by molar-refractivity contribution is 0.179. The van der Waals surface area contributed by atoms with Crippen molar-refractivity contribution in [2.75, 3.05) is 27.7 Å². The van der Waals surface area contributed by atoms with Crippen LogP contribution in [0, 0.1) is 0 Å². The summed E-state index contributed by atoms with van der Waals surface area (Å²) in [6.07, 6.45) is 0.981. The summed E-state index contributed by atoms with van der Waals surface area (Å²) < 4.78 is 11.4. The third-order valence-electron chi connectivity index (χ3n) is 3.33. The van der Waals surface area contributed by atoms with E-state index in [-0.39, 0.29) is 6.10 Å². The van der Waals surface area contributed by atoms with E-state index in [2.05, 4.69) is 31.1 Å². The molecule has 0 aliphatic rings. The summed E-state index contributed by atoms with van der Waals surface area (Å²) in [4.78, 5) is 2.17. The Morgan fingerprint density at radius 1 is 0.952 bits per heavy atom. The molecule has 1 unspecified atom stereocenters. The highest BCUT2D eigenvalue weighted by Gasteiger charge is 2.14. The third-order valence-corrected chi connectivity index (χ3v) is 3.33. The van der Waals surface area contributed by atoms with Crippen LogP contribution in [0.4, 0.5) is 0 Å². The van der Waals surface area contributed by atoms with Gasteiger partial charge in [0.25, 0.3) is 0 Å². The van der Waals surface area contributed by atoms with Crippen molar-refractivity contribution in [3.63, 3.8) is 0 Å². The summed E-state index contributed by atoms with van der Waals surface area (Å²) in [5.41, 5.74) is 1.20. The number of benzene rings is 2. The summed E-state index contributed by atoms with van der Waals surface area (Å²) in [5.74, 6) is 1.65. The van der Waals surface area contributed by atoms with Gasteiger partial charge in [-0.1, -0.05) is 36.4 Å². The Kier molecular flexibility index (Phi) is 5.64. The molecule has 0 saturated heterocycles. The van der Waals surface area contributed by atoms with E-state index in [1.54, 1.807) is 7.11 Å². The van der Waals surface area contributed by atoms with Gasteiger partial charge in [0.15, 0.2) is 0 Å². The van der Waals surface area contributed by atoms with Crippen LogP contribution in [0.3, 0.4) is 0 Å². The van der Waals surface area contributed by atoms with E-state index in [0.29, 0.717) is 0 Å². The Hall–Kier alpha value is -2.00. The normalized spacial score (nSPS) is 12.2. The van der Waals surface area contributed by atoms with Gasteiger partial charge in [0.2, 0.25) is 0 Å². The Balaban J connectivity index is 2.15. The van der Waals surface area contributed by atoms with Gasteiger partial charge in [-0.25, -0.2) is 0 Å². The zero-order valence-corrected chi connectivity index (χ0v) is 13.0. The maximum Gasteiger partial charge on any atom is 0.125 e. The van der Waals surface area contributed by atoms with Crippen LogP contribution in [0.1, 0.15) is 18.1 Å². The van der Waals surface area contributed by atoms with Crippen molar-refractivity contribution >= 4 is 0 Å². The highest BCUT2D eigenvalue weighted by Crippen LogP contribution is 2.27. The molecule has 3 heteroatoms. The number of methoxy groups -OCH3 is 1. The van der Waals surface area contributed by atoms with E-state index < -0.39 is 0 Å². The van der Waals surface area contributed by atoms with E-state index in [1.807, 2.05) is 42.5 Å². The average molecular weight is 285 g/mol. The molecule has 0 heterocycles. The fourth-order valence-corrected chi connectivity index (χ4v) is 2.18. The molecule has 2 rings (SSSR count). The van der Waals surface area contributed by atoms with E-state index >= 15 is 0 Å². The largest absolute Gasteiger partial charge is 0.497 e. The van der Waals surface area contributed by atoms with E-state index in [0.717, 1.165) is 24.5 Å². The van der Waals surface area contributed by atoms with Gasteiger partial charge < -0.3 is 14.4 Å². The van der Waals surface area contributed by atoms with Gasteiger partial charge in [0.1, 0.15) is 17.6 Å². The van der Waals surface area contributed by atoms with Gasteiger partial charge in [0.05, 0.1) is 7.11 Å². The minimum atomic E-state index is 0.0423. The van der Waals surface area contributed by atoms with Gasteiger partial charge >= 0.3 is 0 Å². The number of ether oxygens (including phenoxy) is 2. The summed E-state index contributed by atoms with van der Waals surface area (Å²) in [6, 6.07) is 18.1. The smallest absolute Gasteiger partial charge is 0.125 e. The Labute approximate surface area is 127 Å². The first-order valence-corrected chi connectivity index (χ1v) is 7.19. The molecular weight excluding hydrogens is 262 g/mol. The van der Waals surface area contributed by atoms with Gasteiger partial charge in [-0.2, -0.15) is 0 Å². The Bertz CT molecular complexity index is 540. The molecule has 0 aromatic heterocycles. The van der Waals surface area contributed by atoms with Crippen LogP contribution in [0.25, 0.3) is 0 Å². The maximum atomic E-state index is 6.19. The molecule has 0 fully saturated rings. The number of hydrogen-bond acceptors (Lipinski definition) is 3. The van der Waals surface area contributed by atoms with Crippen molar-refractivity contribution in [1.29, 1.82) is 0 Å². The molecule has 0 aliphatic carbocycles. The lowest BCUT2D eigenvalue weighted by Gasteiger charge is -2.21. The molecule has 0 N–H and O–H groups in total. The second-order valence-corrected chi connectivity index (χ2v) is 5.29. The van der Waals surface area contributed by atoms with Crippen molar-refractivity contribution in [3.05, 3.63) is 60.2 Å². The first-order chi connectivity index (χ1) is 10.2. The van der Waals surface area contributed by atoms with Crippen LogP contribution < -0.4 is 9.47 Å².